The third-order valence-electron chi connectivity index (χ3n) is 4.57. The lowest BCUT2D eigenvalue weighted by Crippen LogP contribution is -2.45. The Hall–Kier alpha value is -1.86. The van der Waals surface area contributed by atoms with E-state index in [0.717, 1.165) is 50.4 Å². The zero-order valence-electron chi connectivity index (χ0n) is 15.1. The molecular formula is C19H24F3N3O. The van der Waals surface area contributed by atoms with Crippen LogP contribution in [0.4, 0.5) is 13.2 Å². The SMILES string of the molecule is CC(C)c1nc(CN2CCN(Cc3cccc(C(F)(F)F)c3)CC2)co1. The number of hydrogen-bond donors (Lipinski definition) is 0. The second-order valence-electron chi connectivity index (χ2n) is 7.08. The number of oxazole rings is 1. The van der Waals surface area contributed by atoms with Crippen molar-refractivity contribution in [2.24, 2.45) is 0 Å². The lowest BCUT2D eigenvalue weighted by Gasteiger charge is -2.34. The number of hydrogen-bond acceptors (Lipinski definition) is 4. The smallest absolute Gasteiger partial charge is 0.416 e. The van der Waals surface area contributed by atoms with E-state index in [1.807, 2.05) is 13.8 Å². The highest BCUT2D eigenvalue weighted by molar-refractivity contribution is 5.25. The van der Waals surface area contributed by atoms with Gasteiger partial charge in [-0.3, -0.25) is 9.80 Å². The Morgan fingerprint density at radius 2 is 1.73 bits per heavy atom. The summed E-state index contributed by atoms with van der Waals surface area (Å²) in [6, 6.07) is 5.59. The molecule has 4 nitrogen and oxygen atoms in total. The van der Waals surface area contributed by atoms with Crippen LogP contribution in [-0.4, -0.2) is 41.0 Å². The molecule has 0 N–H and O–H groups in total. The van der Waals surface area contributed by atoms with Crippen molar-refractivity contribution < 1.29 is 17.6 Å². The van der Waals surface area contributed by atoms with Crippen molar-refractivity contribution in [1.29, 1.82) is 0 Å². The molecule has 142 valence electrons. The first-order valence-electron chi connectivity index (χ1n) is 8.86. The molecule has 7 heteroatoms. The van der Waals surface area contributed by atoms with Crippen molar-refractivity contribution >= 4 is 0 Å². The molecule has 1 aliphatic heterocycles. The number of nitrogens with zero attached hydrogens (tertiary/aromatic N) is 3. The van der Waals surface area contributed by atoms with Crippen LogP contribution in [0.2, 0.25) is 0 Å². The van der Waals surface area contributed by atoms with E-state index in [0.29, 0.717) is 12.1 Å². The fourth-order valence-electron chi connectivity index (χ4n) is 3.10. The van der Waals surface area contributed by atoms with Crippen LogP contribution < -0.4 is 0 Å². The van der Waals surface area contributed by atoms with Crippen molar-refractivity contribution in [3.8, 4) is 0 Å². The largest absolute Gasteiger partial charge is 0.448 e. The van der Waals surface area contributed by atoms with Gasteiger partial charge >= 0.3 is 6.18 Å². The van der Waals surface area contributed by atoms with Gasteiger partial charge in [-0.05, 0) is 11.6 Å². The molecule has 26 heavy (non-hydrogen) atoms. The van der Waals surface area contributed by atoms with E-state index in [1.54, 1.807) is 12.3 Å². The number of alkyl halides is 3. The molecule has 0 atom stereocenters. The summed E-state index contributed by atoms with van der Waals surface area (Å²) in [5.41, 5.74) is 1.05. The molecule has 0 aliphatic carbocycles. The van der Waals surface area contributed by atoms with E-state index in [4.69, 9.17) is 4.42 Å². The van der Waals surface area contributed by atoms with E-state index in [1.165, 1.54) is 12.1 Å². The zero-order valence-corrected chi connectivity index (χ0v) is 15.1. The number of rotatable bonds is 5. The van der Waals surface area contributed by atoms with Crippen LogP contribution in [0.5, 0.6) is 0 Å². The maximum atomic E-state index is 12.8. The first-order valence-corrected chi connectivity index (χ1v) is 8.86. The van der Waals surface area contributed by atoms with Crippen LogP contribution >= 0.6 is 0 Å². The Labute approximate surface area is 151 Å². The summed E-state index contributed by atoms with van der Waals surface area (Å²) < 4.78 is 43.9. The molecule has 0 spiro atoms. The minimum Gasteiger partial charge on any atom is -0.448 e. The normalized spacial score (nSPS) is 17.2. The number of benzene rings is 1. The van der Waals surface area contributed by atoms with Crippen LogP contribution in [0.25, 0.3) is 0 Å². The van der Waals surface area contributed by atoms with Gasteiger partial charge in [-0.2, -0.15) is 13.2 Å². The molecule has 3 rings (SSSR count). The topological polar surface area (TPSA) is 32.5 Å². The van der Waals surface area contributed by atoms with Crippen molar-refractivity contribution in [3.63, 3.8) is 0 Å². The van der Waals surface area contributed by atoms with Crippen molar-refractivity contribution in [1.82, 2.24) is 14.8 Å². The Morgan fingerprint density at radius 3 is 2.31 bits per heavy atom. The molecule has 0 amide bonds. The van der Waals surface area contributed by atoms with Gasteiger partial charge in [0.15, 0.2) is 5.89 Å². The van der Waals surface area contributed by atoms with Crippen molar-refractivity contribution in [2.45, 2.75) is 39.0 Å². The summed E-state index contributed by atoms with van der Waals surface area (Å²) in [7, 11) is 0. The Kier molecular flexibility index (Phi) is 5.67. The summed E-state index contributed by atoms with van der Waals surface area (Å²) in [6.07, 6.45) is -2.58. The van der Waals surface area contributed by atoms with Gasteiger partial charge in [0.2, 0.25) is 0 Å². The highest BCUT2D eigenvalue weighted by Crippen LogP contribution is 2.29. The zero-order chi connectivity index (χ0) is 18.7. The van der Waals surface area contributed by atoms with Crippen LogP contribution in [0.15, 0.2) is 34.9 Å². The van der Waals surface area contributed by atoms with E-state index >= 15 is 0 Å². The molecule has 1 saturated heterocycles. The molecule has 1 fully saturated rings. The fraction of sp³-hybridized carbons (Fsp3) is 0.526. The Bertz CT molecular complexity index is 719. The number of piperazine rings is 1. The van der Waals surface area contributed by atoms with Crippen molar-refractivity contribution in [3.05, 3.63) is 53.2 Å². The average molecular weight is 367 g/mol. The predicted molar refractivity (Wildman–Crippen MR) is 92.6 cm³/mol. The summed E-state index contributed by atoms with van der Waals surface area (Å²) in [6.45, 7) is 8.75. The lowest BCUT2D eigenvalue weighted by molar-refractivity contribution is -0.137. The van der Waals surface area contributed by atoms with Gasteiger partial charge in [0.1, 0.15) is 6.26 Å². The average Bonchev–Trinajstić information content (AvgIpc) is 3.05. The first-order chi connectivity index (χ1) is 12.3. The van der Waals surface area contributed by atoms with Gasteiger partial charge in [-0.1, -0.05) is 32.0 Å². The number of aromatic nitrogens is 1. The summed E-state index contributed by atoms with van der Waals surface area (Å²) in [4.78, 5) is 8.98. The maximum Gasteiger partial charge on any atom is 0.416 e. The molecule has 0 radical (unpaired) electrons. The van der Waals surface area contributed by atoms with Crippen LogP contribution in [-0.2, 0) is 19.3 Å². The molecule has 1 aliphatic rings. The molecule has 0 unspecified atom stereocenters. The molecule has 2 heterocycles. The van der Waals surface area contributed by atoms with Gasteiger partial charge in [0, 0.05) is 45.2 Å². The lowest BCUT2D eigenvalue weighted by atomic mass is 10.1. The molecule has 1 aromatic carbocycles. The van der Waals surface area contributed by atoms with E-state index in [2.05, 4.69) is 14.8 Å². The third kappa shape index (κ3) is 4.86. The Balaban J connectivity index is 1.51. The van der Waals surface area contributed by atoms with E-state index < -0.39 is 11.7 Å². The van der Waals surface area contributed by atoms with E-state index in [-0.39, 0.29) is 5.92 Å². The highest BCUT2D eigenvalue weighted by atomic mass is 19.4. The molecule has 0 bridgehead atoms. The van der Waals surface area contributed by atoms with Crippen molar-refractivity contribution in [2.75, 3.05) is 26.2 Å². The standard InChI is InChI=1S/C19H24F3N3O/c1-14(2)18-23-17(13-26-18)12-25-8-6-24(7-9-25)11-15-4-3-5-16(10-15)19(20,21)22/h3-5,10,13-14H,6-9,11-12H2,1-2H3. The maximum absolute atomic E-state index is 12.8. The summed E-state index contributed by atoms with van der Waals surface area (Å²) in [5.74, 6) is 1.02. The van der Waals surface area contributed by atoms with E-state index in [9.17, 15) is 13.2 Å². The second-order valence-corrected chi connectivity index (χ2v) is 7.08. The first kappa shape index (κ1) is 18.9. The molecule has 2 aromatic rings. The Morgan fingerprint density at radius 1 is 1.08 bits per heavy atom. The quantitative estimate of drug-likeness (QED) is 0.795. The third-order valence-corrected chi connectivity index (χ3v) is 4.57. The molecular weight excluding hydrogens is 343 g/mol. The van der Waals surface area contributed by atoms with Gasteiger partial charge in [0.05, 0.1) is 11.3 Å². The summed E-state index contributed by atoms with van der Waals surface area (Å²) >= 11 is 0. The van der Waals surface area contributed by atoms with Gasteiger partial charge in [-0.25, -0.2) is 4.98 Å². The highest BCUT2D eigenvalue weighted by Gasteiger charge is 2.30. The van der Waals surface area contributed by atoms with Gasteiger partial charge < -0.3 is 4.42 Å². The predicted octanol–water partition coefficient (Wildman–Crippen LogP) is 4.13. The van der Waals surface area contributed by atoms with Gasteiger partial charge in [-0.15, -0.1) is 0 Å². The van der Waals surface area contributed by atoms with Gasteiger partial charge in [0.25, 0.3) is 0 Å². The summed E-state index contributed by atoms with van der Waals surface area (Å²) in [5, 5.41) is 0. The minimum atomic E-state index is -4.29. The second kappa shape index (κ2) is 7.80. The van der Waals surface area contributed by atoms with Crippen LogP contribution in [0.1, 0.15) is 42.5 Å². The van der Waals surface area contributed by atoms with Crippen LogP contribution in [0, 0.1) is 0 Å². The fourth-order valence-corrected chi connectivity index (χ4v) is 3.10. The molecule has 1 aromatic heterocycles. The monoisotopic (exact) mass is 367 g/mol. The minimum absolute atomic E-state index is 0.271. The molecule has 0 saturated carbocycles. The van der Waals surface area contributed by atoms with Crippen LogP contribution in [0.3, 0.4) is 0 Å². The number of halogens is 3.